The standard InChI is InChI=1S/C31H32F2N4O3/c1-19-6-5-7-20(2)29(19)37-17-22(8-11-26(37)38)28-30(24-10-9-23(32)16-25(24)33)40-31(34-28)21-12-14-36(15-13-21)27(39)18-35(3)4/h5-11,16-17,21H,12-15,18H2,1-4H3. The fraction of sp³-hybridized carbons (Fsp3) is 0.323. The van der Waals surface area contributed by atoms with Crippen LogP contribution in [0.5, 0.6) is 0 Å². The van der Waals surface area contributed by atoms with Gasteiger partial charge in [0.15, 0.2) is 11.7 Å². The zero-order valence-corrected chi connectivity index (χ0v) is 23.1. The number of aryl methyl sites for hydroxylation is 2. The number of hydrogen-bond acceptors (Lipinski definition) is 5. The summed E-state index contributed by atoms with van der Waals surface area (Å²) >= 11 is 0. The summed E-state index contributed by atoms with van der Waals surface area (Å²) in [7, 11) is 3.72. The first-order valence-electron chi connectivity index (χ1n) is 13.3. The Kier molecular flexibility index (Phi) is 7.67. The van der Waals surface area contributed by atoms with Crippen LogP contribution in [0.2, 0.25) is 0 Å². The number of pyridine rings is 1. The minimum absolute atomic E-state index is 0.0689. The molecule has 0 aliphatic carbocycles. The molecule has 7 nitrogen and oxygen atoms in total. The minimum atomic E-state index is -0.767. The Hall–Kier alpha value is -4.11. The van der Waals surface area contributed by atoms with E-state index in [1.165, 1.54) is 18.2 Å². The molecule has 0 spiro atoms. The van der Waals surface area contributed by atoms with Gasteiger partial charge in [-0.05, 0) is 70.1 Å². The van der Waals surface area contributed by atoms with Crippen LogP contribution in [0.1, 0.15) is 35.8 Å². The number of aromatic nitrogens is 2. The van der Waals surface area contributed by atoms with Crippen molar-refractivity contribution in [1.29, 1.82) is 0 Å². The van der Waals surface area contributed by atoms with Gasteiger partial charge in [0.2, 0.25) is 5.91 Å². The molecule has 2 aromatic heterocycles. The van der Waals surface area contributed by atoms with Crippen molar-refractivity contribution in [3.05, 3.63) is 93.7 Å². The Balaban J connectivity index is 1.56. The molecule has 1 aliphatic rings. The van der Waals surface area contributed by atoms with Gasteiger partial charge in [0.05, 0.1) is 17.8 Å². The van der Waals surface area contributed by atoms with E-state index in [1.54, 1.807) is 16.8 Å². The monoisotopic (exact) mass is 546 g/mol. The summed E-state index contributed by atoms with van der Waals surface area (Å²) in [6, 6.07) is 12.2. The Labute approximate surface area is 231 Å². The maximum atomic E-state index is 15.0. The molecule has 1 fully saturated rings. The van der Waals surface area contributed by atoms with Crippen LogP contribution in [0.25, 0.3) is 28.3 Å². The van der Waals surface area contributed by atoms with Crippen molar-refractivity contribution < 1.29 is 18.0 Å². The molecule has 0 atom stereocenters. The van der Waals surface area contributed by atoms with Crippen LogP contribution in [0.4, 0.5) is 8.78 Å². The lowest BCUT2D eigenvalue weighted by atomic mass is 9.96. The van der Waals surface area contributed by atoms with Crippen LogP contribution in [0.15, 0.2) is 63.9 Å². The van der Waals surface area contributed by atoms with Crippen LogP contribution < -0.4 is 5.56 Å². The lowest BCUT2D eigenvalue weighted by molar-refractivity contribution is -0.132. The highest BCUT2D eigenvalue weighted by Gasteiger charge is 2.30. The van der Waals surface area contributed by atoms with E-state index in [0.29, 0.717) is 49.6 Å². The van der Waals surface area contributed by atoms with Gasteiger partial charge >= 0.3 is 0 Å². The Bertz CT molecular complexity index is 1600. The fourth-order valence-electron chi connectivity index (χ4n) is 5.30. The number of rotatable bonds is 6. The van der Waals surface area contributed by atoms with Crippen molar-refractivity contribution in [3.63, 3.8) is 0 Å². The van der Waals surface area contributed by atoms with E-state index in [-0.39, 0.29) is 28.7 Å². The first-order chi connectivity index (χ1) is 19.1. The maximum absolute atomic E-state index is 15.0. The topological polar surface area (TPSA) is 71.6 Å². The third-order valence-corrected chi connectivity index (χ3v) is 7.33. The smallest absolute Gasteiger partial charge is 0.255 e. The van der Waals surface area contributed by atoms with Gasteiger partial charge in [-0.25, -0.2) is 13.8 Å². The number of carbonyl (C=O) groups excluding carboxylic acids is 1. The summed E-state index contributed by atoms with van der Waals surface area (Å²) in [6.07, 6.45) is 2.98. The molecule has 1 saturated heterocycles. The molecule has 3 heterocycles. The van der Waals surface area contributed by atoms with Gasteiger partial charge in [-0.3, -0.25) is 14.2 Å². The molecule has 4 aromatic rings. The second kappa shape index (κ2) is 11.2. The highest BCUT2D eigenvalue weighted by molar-refractivity contribution is 5.78. The third kappa shape index (κ3) is 5.47. The summed E-state index contributed by atoms with van der Waals surface area (Å²) in [4.78, 5) is 34.0. The van der Waals surface area contributed by atoms with Gasteiger partial charge in [0.1, 0.15) is 17.3 Å². The fourth-order valence-corrected chi connectivity index (χ4v) is 5.30. The summed E-state index contributed by atoms with van der Waals surface area (Å²) in [5.41, 5.74) is 3.43. The van der Waals surface area contributed by atoms with Gasteiger partial charge in [-0.1, -0.05) is 18.2 Å². The predicted molar refractivity (Wildman–Crippen MR) is 149 cm³/mol. The largest absolute Gasteiger partial charge is 0.440 e. The molecule has 40 heavy (non-hydrogen) atoms. The second-order valence-electron chi connectivity index (χ2n) is 10.6. The Morgan fingerprint density at radius 3 is 2.40 bits per heavy atom. The number of para-hydroxylation sites is 1. The van der Waals surface area contributed by atoms with Crippen LogP contribution in [0.3, 0.4) is 0 Å². The van der Waals surface area contributed by atoms with E-state index in [0.717, 1.165) is 22.9 Å². The minimum Gasteiger partial charge on any atom is -0.440 e. The van der Waals surface area contributed by atoms with Crippen molar-refractivity contribution in [2.45, 2.75) is 32.6 Å². The molecule has 2 aromatic carbocycles. The number of likely N-dealkylation sites (N-methyl/N-ethyl adjacent to an activating group) is 1. The number of hydrogen-bond donors (Lipinski definition) is 0. The number of nitrogens with zero attached hydrogens (tertiary/aromatic N) is 4. The lowest BCUT2D eigenvalue weighted by Gasteiger charge is -2.31. The number of halogens is 2. The Morgan fingerprint density at radius 1 is 1.05 bits per heavy atom. The molecule has 5 rings (SSSR count). The highest BCUT2D eigenvalue weighted by atomic mass is 19.1. The lowest BCUT2D eigenvalue weighted by Crippen LogP contribution is -2.42. The van der Waals surface area contributed by atoms with Crippen molar-refractivity contribution in [2.75, 3.05) is 33.7 Å². The predicted octanol–water partition coefficient (Wildman–Crippen LogP) is 5.32. The summed E-state index contributed by atoms with van der Waals surface area (Å²) in [5.74, 6) is -0.871. The zero-order valence-electron chi connectivity index (χ0n) is 23.1. The average molecular weight is 547 g/mol. The number of oxazole rings is 1. The van der Waals surface area contributed by atoms with E-state index in [9.17, 15) is 14.0 Å². The first-order valence-corrected chi connectivity index (χ1v) is 13.3. The number of carbonyl (C=O) groups is 1. The third-order valence-electron chi connectivity index (χ3n) is 7.33. The highest BCUT2D eigenvalue weighted by Crippen LogP contribution is 2.38. The Morgan fingerprint density at radius 2 is 1.75 bits per heavy atom. The average Bonchev–Trinajstić information content (AvgIpc) is 3.34. The SMILES string of the molecule is Cc1cccc(C)c1-n1cc(-c2nc(C3CCN(C(=O)CN(C)C)CC3)oc2-c2ccc(F)cc2F)ccc1=O. The van der Waals surface area contributed by atoms with Crippen LogP contribution in [0, 0.1) is 25.5 Å². The molecule has 0 bridgehead atoms. The van der Waals surface area contributed by atoms with E-state index < -0.39 is 11.6 Å². The summed E-state index contributed by atoms with van der Waals surface area (Å²) in [6.45, 7) is 5.34. The zero-order chi connectivity index (χ0) is 28.6. The van der Waals surface area contributed by atoms with E-state index in [2.05, 4.69) is 0 Å². The number of piperidine rings is 1. The summed E-state index contributed by atoms with van der Waals surface area (Å²) in [5, 5.41) is 0. The molecule has 208 valence electrons. The molecule has 1 aliphatic heterocycles. The number of amides is 1. The van der Waals surface area contributed by atoms with Gasteiger partial charge in [0, 0.05) is 42.9 Å². The van der Waals surface area contributed by atoms with Crippen LogP contribution in [-0.2, 0) is 4.79 Å². The maximum Gasteiger partial charge on any atom is 0.255 e. The molecule has 0 saturated carbocycles. The van der Waals surface area contributed by atoms with Crippen molar-refractivity contribution in [2.24, 2.45) is 0 Å². The molecular weight excluding hydrogens is 514 g/mol. The number of likely N-dealkylation sites (tertiary alicyclic amines) is 1. The van der Waals surface area contributed by atoms with E-state index in [1.807, 2.05) is 55.9 Å². The van der Waals surface area contributed by atoms with Gasteiger partial charge in [0.25, 0.3) is 5.56 Å². The van der Waals surface area contributed by atoms with Crippen LogP contribution >= 0.6 is 0 Å². The quantitative estimate of drug-likeness (QED) is 0.327. The van der Waals surface area contributed by atoms with Crippen LogP contribution in [-0.4, -0.2) is 59.0 Å². The molecule has 9 heteroatoms. The second-order valence-corrected chi connectivity index (χ2v) is 10.6. The van der Waals surface area contributed by atoms with Crippen molar-refractivity contribution in [3.8, 4) is 28.3 Å². The van der Waals surface area contributed by atoms with Crippen molar-refractivity contribution >= 4 is 5.91 Å². The molecular formula is C31H32F2N4O3. The first kappa shape index (κ1) is 27.5. The molecule has 0 unspecified atom stereocenters. The van der Waals surface area contributed by atoms with Gasteiger partial charge in [-0.15, -0.1) is 0 Å². The summed E-state index contributed by atoms with van der Waals surface area (Å²) < 4.78 is 36.6. The molecule has 1 amide bonds. The van der Waals surface area contributed by atoms with Gasteiger partial charge < -0.3 is 14.2 Å². The van der Waals surface area contributed by atoms with Gasteiger partial charge in [-0.2, -0.15) is 0 Å². The van der Waals surface area contributed by atoms with Crippen molar-refractivity contribution in [1.82, 2.24) is 19.4 Å². The van der Waals surface area contributed by atoms with E-state index in [4.69, 9.17) is 9.40 Å². The number of benzene rings is 2. The van der Waals surface area contributed by atoms with E-state index >= 15 is 4.39 Å². The molecule has 0 N–H and O–H groups in total. The normalized spacial score (nSPS) is 14.2. The molecule has 0 radical (unpaired) electrons.